The van der Waals surface area contributed by atoms with Gasteiger partial charge in [-0.05, 0) is 145 Å². The molecule has 0 aliphatic carbocycles. The number of hydrogen-bond acceptors (Lipinski definition) is 0. The topological polar surface area (TPSA) is 0 Å². The van der Waals surface area contributed by atoms with Crippen molar-refractivity contribution in [1.82, 2.24) is 0 Å². The first-order valence-corrected chi connectivity index (χ1v) is 36.1. The van der Waals surface area contributed by atoms with Gasteiger partial charge < -0.3 is 0 Å². The van der Waals surface area contributed by atoms with Gasteiger partial charge in [-0.2, -0.15) is 0 Å². The third kappa shape index (κ3) is 65.3. The van der Waals surface area contributed by atoms with E-state index in [0.717, 1.165) is 12.8 Å². The molecule has 0 bridgehead atoms. The number of aryl methyl sites for hydroxylation is 3. The summed E-state index contributed by atoms with van der Waals surface area (Å²) in [5, 5.41) is 0. The van der Waals surface area contributed by atoms with Crippen LogP contribution in [0.2, 0.25) is 0 Å². The maximum Gasteiger partial charge on any atom is -0.0206 e. The predicted molar refractivity (Wildman–Crippen MR) is 413 cm³/mol. The molecule has 0 aliphatic heterocycles. The van der Waals surface area contributed by atoms with Crippen LogP contribution in [0.25, 0.3) is 0 Å². The molecule has 4 aromatic carbocycles. The van der Waals surface area contributed by atoms with E-state index in [4.69, 9.17) is 0 Å². The van der Waals surface area contributed by atoms with Gasteiger partial charge in [-0.1, -0.05) is 409 Å². The minimum atomic E-state index is 0.0834. The quantitative estimate of drug-likeness (QED) is 0.118. The highest BCUT2D eigenvalue weighted by Crippen LogP contribution is 2.61. The van der Waals surface area contributed by atoms with E-state index in [9.17, 15) is 0 Å². The lowest BCUT2D eigenvalue weighted by atomic mass is 9.49. The van der Waals surface area contributed by atoms with Crippen LogP contribution in [0.4, 0.5) is 0 Å². The van der Waals surface area contributed by atoms with Crippen molar-refractivity contribution in [2.45, 2.75) is 362 Å². The van der Waals surface area contributed by atoms with Crippen LogP contribution in [0, 0.1) is 69.5 Å². The zero-order valence-electron chi connectivity index (χ0n) is 68.0. The molecule has 4 aromatic rings. The van der Waals surface area contributed by atoms with Crippen molar-refractivity contribution in [3.8, 4) is 0 Å². The normalized spacial score (nSPS) is 10.7. The fourth-order valence-corrected chi connectivity index (χ4v) is 12.7. The monoisotopic (exact) mass is 1200 g/mol. The molecule has 512 valence electrons. The first-order valence-electron chi connectivity index (χ1n) is 36.1. The van der Waals surface area contributed by atoms with Gasteiger partial charge >= 0.3 is 0 Å². The van der Waals surface area contributed by atoms with Crippen LogP contribution < -0.4 is 0 Å². The largest absolute Gasteiger partial charge is 0.0683 e. The number of hydrogen-bond donors (Lipinski definition) is 0. The molecule has 0 unspecified atom stereocenters. The van der Waals surface area contributed by atoms with Gasteiger partial charge in [-0.15, -0.1) is 0 Å². The van der Waals surface area contributed by atoms with Crippen LogP contribution in [0.3, 0.4) is 0 Å². The molecule has 0 atom stereocenters. The summed E-state index contributed by atoms with van der Waals surface area (Å²) < 4.78 is 0. The Kier molecular flexibility index (Phi) is 72.4. The van der Waals surface area contributed by atoms with Crippen LogP contribution in [-0.2, 0) is 12.8 Å². The second-order valence-corrected chi connectivity index (χ2v) is 28.4. The second-order valence-electron chi connectivity index (χ2n) is 28.4. The molecular weight excluding hydrogens is 1030 g/mol. The molecule has 86 heavy (non-hydrogen) atoms. The van der Waals surface area contributed by atoms with E-state index in [-0.39, 0.29) is 48.7 Å². The highest BCUT2D eigenvalue weighted by molar-refractivity contribution is 5.25. The Morgan fingerprint density at radius 1 is 0.186 bits per heavy atom. The summed E-state index contributed by atoms with van der Waals surface area (Å²) in [6.07, 6.45) is 12.3. The lowest BCUT2D eigenvalue weighted by Crippen LogP contribution is -2.46. The van der Waals surface area contributed by atoms with Crippen LogP contribution in [0.1, 0.15) is 356 Å². The molecule has 0 nitrogen and oxygen atoms in total. The molecule has 0 N–H and O–H groups in total. The SMILES string of the molecule is CC.CC.CC.CC.CC.CC.CC.CC.CC.CC.CC.Cc1ccc(CC(Cc2ccccc2)(CC(CC(C)(C)C)(CC(C)(C)C)CC(C)(C)C)CC(CC(C)(C)C)(CC(C)(C)C)CC(C)(C)C)cc1.Cc1ccccc1.Cc1ccccc1. The molecule has 0 spiro atoms. The number of benzene rings is 4. The third-order valence-corrected chi connectivity index (χ3v) is 11.9. The first-order chi connectivity index (χ1) is 40.0. The van der Waals surface area contributed by atoms with Crippen molar-refractivity contribution < 1.29 is 0 Å². The van der Waals surface area contributed by atoms with Crippen molar-refractivity contribution in [1.29, 1.82) is 0 Å². The summed E-state index contributed by atoms with van der Waals surface area (Å²) in [6, 6.07) is 41.8. The van der Waals surface area contributed by atoms with E-state index in [2.05, 4.69) is 224 Å². The molecule has 0 aliphatic rings. The van der Waals surface area contributed by atoms with E-state index in [1.54, 1.807) is 0 Å². The number of rotatable bonds is 14. The van der Waals surface area contributed by atoms with Gasteiger partial charge in [0.05, 0.1) is 0 Å². The van der Waals surface area contributed by atoms with Gasteiger partial charge in [0.15, 0.2) is 0 Å². The highest BCUT2D eigenvalue weighted by atomic mass is 14.6. The van der Waals surface area contributed by atoms with E-state index < -0.39 is 0 Å². The van der Waals surface area contributed by atoms with Crippen molar-refractivity contribution >= 4 is 0 Å². The summed E-state index contributed by atoms with van der Waals surface area (Å²) in [6.45, 7) is 95.6. The van der Waals surface area contributed by atoms with Crippen molar-refractivity contribution in [3.05, 3.63) is 143 Å². The Bertz CT molecular complexity index is 1670. The molecule has 0 amide bonds. The summed E-state index contributed by atoms with van der Waals surface area (Å²) in [5.41, 5.74) is 8.91. The van der Waals surface area contributed by atoms with Crippen molar-refractivity contribution in [2.75, 3.05) is 0 Å². The average molecular weight is 1200 g/mol. The summed E-state index contributed by atoms with van der Waals surface area (Å²) in [4.78, 5) is 0. The fourth-order valence-electron chi connectivity index (χ4n) is 12.7. The summed E-state index contributed by atoms with van der Waals surface area (Å²) in [7, 11) is 0. The van der Waals surface area contributed by atoms with Gasteiger partial charge in [-0.25, -0.2) is 0 Å². The third-order valence-electron chi connectivity index (χ3n) is 11.9. The van der Waals surface area contributed by atoms with Crippen molar-refractivity contribution in [2.24, 2.45) is 48.7 Å². The molecular formula is C86H168. The van der Waals surface area contributed by atoms with E-state index in [1.807, 2.05) is 189 Å². The Balaban J connectivity index is -0.000000164. The lowest BCUT2D eigenvalue weighted by Gasteiger charge is -2.55. The van der Waals surface area contributed by atoms with E-state index in [0.29, 0.717) is 0 Å². The molecule has 4 rings (SSSR count). The maximum atomic E-state index is 2.51. The van der Waals surface area contributed by atoms with Gasteiger partial charge in [-0.3, -0.25) is 0 Å². The molecule has 0 fully saturated rings. The van der Waals surface area contributed by atoms with Gasteiger partial charge in [0.1, 0.15) is 0 Å². The van der Waals surface area contributed by atoms with Gasteiger partial charge in [0.25, 0.3) is 0 Å². The fraction of sp³-hybridized carbons (Fsp3) is 0.721. The average Bonchev–Trinajstić information content (AvgIpc) is 2.35. The Labute approximate surface area is 550 Å². The van der Waals surface area contributed by atoms with Crippen LogP contribution in [-0.4, -0.2) is 0 Å². The van der Waals surface area contributed by atoms with Crippen LogP contribution >= 0.6 is 0 Å². The maximum absolute atomic E-state index is 2.51. The summed E-state index contributed by atoms with van der Waals surface area (Å²) in [5.74, 6) is 0. The van der Waals surface area contributed by atoms with Crippen LogP contribution in [0.5, 0.6) is 0 Å². The standard InChI is InChI=1S/C50H86.2C7H8.11C2H6/c1-39-25-27-41(28-26-39)30-48(29-40-23-21-20-22-24-40,37-49(31-42(2,3)4,32-43(5,6)7)33-44(8,9)10)38-50(34-45(11,12)13,35-46(14,15)16)36-47(17,18)19;2*1-7-5-3-2-4-6-7;11*1-2/h20-28H,29-38H2,1-19H3;2*2-6H,1H3;11*1-2H3. The lowest BCUT2D eigenvalue weighted by molar-refractivity contribution is -0.0401. The second kappa shape index (κ2) is 59.5. The smallest absolute Gasteiger partial charge is 0.0206 e. The van der Waals surface area contributed by atoms with Crippen molar-refractivity contribution in [3.63, 3.8) is 0 Å². The van der Waals surface area contributed by atoms with E-state index in [1.165, 1.54) is 79.2 Å². The Morgan fingerprint density at radius 2 is 0.349 bits per heavy atom. The predicted octanol–water partition coefficient (Wildman–Crippen LogP) is 31.4. The molecule has 0 saturated heterocycles. The molecule has 0 aromatic heterocycles. The minimum absolute atomic E-state index is 0.0834. The summed E-state index contributed by atoms with van der Waals surface area (Å²) >= 11 is 0. The van der Waals surface area contributed by atoms with E-state index >= 15 is 0 Å². The highest BCUT2D eigenvalue weighted by Gasteiger charge is 2.51. The zero-order valence-corrected chi connectivity index (χ0v) is 68.0. The van der Waals surface area contributed by atoms with Crippen LogP contribution in [0.15, 0.2) is 115 Å². The Morgan fingerprint density at radius 3 is 0.512 bits per heavy atom. The molecule has 0 radical (unpaired) electrons. The molecule has 0 saturated carbocycles. The molecule has 0 heterocycles. The molecule has 0 heteroatoms. The van der Waals surface area contributed by atoms with Gasteiger partial charge in [0, 0.05) is 0 Å². The van der Waals surface area contributed by atoms with Gasteiger partial charge in [0.2, 0.25) is 0 Å². The Hall–Kier alpha value is -3.12. The first kappa shape index (κ1) is 105. The minimum Gasteiger partial charge on any atom is -0.0683 e. The zero-order chi connectivity index (χ0) is 70.9.